The molecule has 0 aliphatic heterocycles. The third-order valence-electron chi connectivity index (χ3n) is 2.82. The van der Waals surface area contributed by atoms with Crippen LogP contribution in [-0.4, -0.2) is 27.2 Å². The highest BCUT2D eigenvalue weighted by atomic mass is 35.5. The molecule has 0 bridgehead atoms. The second kappa shape index (κ2) is 7.06. The zero-order valence-electron chi connectivity index (χ0n) is 11.8. The van der Waals surface area contributed by atoms with Gasteiger partial charge in [0, 0.05) is 13.1 Å². The number of rotatable bonds is 5. The number of hydrogen-bond donors (Lipinski definition) is 0. The van der Waals surface area contributed by atoms with E-state index in [2.05, 4.69) is 9.84 Å². The SMILES string of the molecule is CSCn1c(-c2nn(C)c(OC(F)F)c2Cl)c(F)cc(Cl)c1=O. The molecule has 2 aromatic heterocycles. The number of ether oxygens (including phenoxy) is 1. The van der Waals surface area contributed by atoms with E-state index in [-0.39, 0.29) is 27.3 Å². The van der Waals surface area contributed by atoms with Gasteiger partial charge in [-0.25, -0.2) is 9.07 Å². The van der Waals surface area contributed by atoms with E-state index in [0.29, 0.717) is 0 Å². The minimum absolute atomic E-state index is 0.0730. The topological polar surface area (TPSA) is 49.0 Å². The maximum absolute atomic E-state index is 14.3. The summed E-state index contributed by atoms with van der Waals surface area (Å²) in [5.74, 6) is -1.22. The molecule has 0 radical (unpaired) electrons. The van der Waals surface area contributed by atoms with E-state index in [1.54, 1.807) is 6.26 Å². The number of alkyl halides is 2. The molecule has 0 unspecified atom stereocenters. The number of thioether (sulfide) groups is 1. The zero-order valence-corrected chi connectivity index (χ0v) is 14.1. The molecule has 23 heavy (non-hydrogen) atoms. The van der Waals surface area contributed by atoms with Crippen molar-refractivity contribution in [2.45, 2.75) is 12.5 Å². The number of nitrogens with zero attached hydrogens (tertiary/aromatic N) is 3. The van der Waals surface area contributed by atoms with Crippen molar-refractivity contribution in [2.24, 2.45) is 7.05 Å². The fourth-order valence-corrected chi connectivity index (χ4v) is 2.94. The summed E-state index contributed by atoms with van der Waals surface area (Å²) in [5, 5.41) is 3.24. The second-order valence-corrected chi connectivity index (χ2v) is 5.93. The van der Waals surface area contributed by atoms with Gasteiger partial charge in [-0.1, -0.05) is 23.2 Å². The van der Waals surface area contributed by atoms with Crippen LogP contribution in [0.25, 0.3) is 11.4 Å². The predicted octanol–water partition coefficient (Wildman–Crippen LogP) is 3.62. The fourth-order valence-electron chi connectivity index (χ4n) is 1.94. The molecular weight excluding hydrogens is 378 g/mol. The molecular formula is C12H10Cl2F3N3O2S. The minimum Gasteiger partial charge on any atom is -0.416 e. The summed E-state index contributed by atoms with van der Waals surface area (Å²) in [5.41, 5.74) is -1.08. The van der Waals surface area contributed by atoms with Crippen molar-refractivity contribution < 1.29 is 17.9 Å². The summed E-state index contributed by atoms with van der Waals surface area (Å²) in [6.07, 6.45) is 1.69. The number of pyridine rings is 1. The first kappa shape index (κ1) is 18.0. The van der Waals surface area contributed by atoms with Crippen LogP contribution in [0.2, 0.25) is 10.0 Å². The summed E-state index contributed by atoms with van der Waals surface area (Å²) in [6, 6.07) is 0.828. The summed E-state index contributed by atoms with van der Waals surface area (Å²) >= 11 is 12.9. The van der Waals surface area contributed by atoms with Crippen molar-refractivity contribution in [2.75, 3.05) is 6.26 Å². The average Bonchev–Trinajstić information content (AvgIpc) is 2.72. The molecule has 0 spiro atoms. The highest BCUT2D eigenvalue weighted by Crippen LogP contribution is 2.36. The Labute approximate surface area is 142 Å². The lowest BCUT2D eigenvalue weighted by Gasteiger charge is -2.11. The smallest absolute Gasteiger partial charge is 0.388 e. The molecule has 0 N–H and O–H groups in total. The van der Waals surface area contributed by atoms with Gasteiger partial charge in [0.15, 0.2) is 5.82 Å². The van der Waals surface area contributed by atoms with Crippen LogP contribution in [0.3, 0.4) is 0 Å². The van der Waals surface area contributed by atoms with Crippen molar-refractivity contribution in [3.8, 4) is 17.3 Å². The quantitative estimate of drug-likeness (QED) is 0.785. The van der Waals surface area contributed by atoms with Gasteiger partial charge in [-0.3, -0.25) is 9.36 Å². The molecule has 0 aromatic carbocycles. The van der Waals surface area contributed by atoms with Crippen LogP contribution in [0.1, 0.15) is 0 Å². The molecule has 0 fully saturated rings. The molecule has 126 valence electrons. The zero-order chi connectivity index (χ0) is 17.3. The van der Waals surface area contributed by atoms with Gasteiger partial charge in [-0.05, 0) is 6.26 Å². The normalized spacial score (nSPS) is 11.3. The fraction of sp³-hybridized carbons (Fsp3) is 0.333. The van der Waals surface area contributed by atoms with E-state index in [1.807, 2.05) is 0 Å². The van der Waals surface area contributed by atoms with Gasteiger partial charge in [0.1, 0.15) is 21.4 Å². The Morgan fingerprint density at radius 1 is 1.43 bits per heavy atom. The number of aryl methyl sites for hydroxylation is 1. The molecule has 2 heterocycles. The van der Waals surface area contributed by atoms with E-state index in [0.717, 1.165) is 15.3 Å². The molecule has 5 nitrogen and oxygen atoms in total. The maximum Gasteiger partial charge on any atom is 0.388 e. The standard InChI is InChI=1S/C12H10Cl2F3N3O2S/c1-19-11(22-12(16)17)7(14)8(18-19)9-6(15)3-5(13)10(21)20(9)4-23-2/h3,12H,4H2,1-2H3. The summed E-state index contributed by atoms with van der Waals surface area (Å²) in [6.45, 7) is -3.13. The average molecular weight is 388 g/mol. The molecule has 2 rings (SSSR count). The monoisotopic (exact) mass is 387 g/mol. The number of hydrogen-bond acceptors (Lipinski definition) is 4. The largest absolute Gasteiger partial charge is 0.416 e. The van der Waals surface area contributed by atoms with Crippen LogP contribution in [-0.2, 0) is 12.9 Å². The first-order valence-corrected chi connectivity index (χ1v) is 8.18. The van der Waals surface area contributed by atoms with Crippen LogP contribution < -0.4 is 10.3 Å². The van der Waals surface area contributed by atoms with E-state index >= 15 is 0 Å². The van der Waals surface area contributed by atoms with Crippen molar-refractivity contribution in [1.82, 2.24) is 14.3 Å². The molecule has 11 heteroatoms. The molecule has 0 atom stereocenters. The lowest BCUT2D eigenvalue weighted by Crippen LogP contribution is -2.22. The molecule has 0 saturated carbocycles. The van der Waals surface area contributed by atoms with E-state index in [1.165, 1.54) is 18.8 Å². The Balaban J connectivity index is 2.72. The number of halogens is 5. The van der Waals surface area contributed by atoms with Gasteiger partial charge in [-0.15, -0.1) is 11.8 Å². The Morgan fingerprint density at radius 2 is 2.09 bits per heavy atom. The van der Waals surface area contributed by atoms with Crippen LogP contribution in [0.5, 0.6) is 5.88 Å². The number of aromatic nitrogens is 3. The van der Waals surface area contributed by atoms with E-state index in [9.17, 15) is 18.0 Å². The van der Waals surface area contributed by atoms with Crippen molar-refractivity contribution in [3.63, 3.8) is 0 Å². The second-order valence-electron chi connectivity index (χ2n) is 4.31. The first-order chi connectivity index (χ1) is 10.8. The molecule has 0 saturated heterocycles. The minimum atomic E-state index is -3.13. The Bertz CT molecular complexity index is 795. The van der Waals surface area contributed by atoms with Crippen LogP contribution in [0, 0.1) is 5.82 Å². The molecule has 0 aliphatic carbocycles. The lowest BCUT2D eigenvalue weighted by atomic mass is 10.2. The highest BCUT2D eigenvalue weighted by molar-refractivity contribution is 7.97. The lowest BCUT2D eigenvalue weighted by molar-refractivity contribution is -0.0552. The van der Waals surface area contributed by atoms with E-state index in [4.69, 9.17) is 23.2 Å². The molecule has 2 aromatic rings. The molecule has 0 amide bonds. The maximum atomic E-state index is 14.3. The van der Waals surface area contributed by atoms with Crippen molar-refractivity contribution >= 4 is 35.0 Å². The summed E-state index contributed by atoms with van der Waals surface area (Å²) < 4.78 is 45.4. The Morgan fingerprint density at radius 3 is 2.65 bits per heavy atom. The van der Waals surface area contributed by atoms with Crippen LogP contribution in [0.15, 0.2) is 10.9 Å². The van der Waals surface area contributed by atoms with Crippen LogP contribution in [0.4, 0.5) is 13.2 Å². The first-order valence-electron chi connectivity index (χ1n) is 6.03. The van der Waals surface area contributed by atoms with Gasteiger partial charge in [-0.2, -0.15) is 13.9 Å². The predicted molar refractivity (Wildman–Crippen MR) is 83.0 cm³/mol. The third kappa shape index (κ3) is 3.46. The van der Waals surface area contributed by atoms with Gasteiger partial charge in [0.2, 0.25) is 5.88 Å². The molecule has 0 aliphatic rings. The van der Waals surface area contributed by atoms with Crippen molar-refractivity contribution in [3.05, 3.63) is 32.3 Å². The van der Waals surface area contributed by atoms with Crippen molar-refractivity contribution in [1.29, 1.82) is 0 Å². The van der Waals surface area contributed by atoms with E-state index < -0.39 is 23.9 Å². The summed E-state index contributed by atoms with van der Waals surface area (Å²) in [4.78, 5) is 12.1. The van der Waals surface area contributed by atoms with Gasteiger partial charge in [0.25, 0.3) is 5.56 Å². The Kier molecular flexibility index (Phi) is 5.53. The van der Waals surface area contributed by atoms with Gasteiger partial charge in [0.05, 0.1) is 5.88 Å². The Hall–Kier alpha value is -1.32. The highest BCUT2D eigenvalue weighted by Gasteiger charge is 2.25. The van der Waals surface area contributed by atoms with Gasteiger partial charge < -0.3 is 4.74 Å². The summed E-state index contributed by atoms with van der Waals surface area (Å²) in [7, 11) is 1.30. The van der Waals surface area contributed by atoms with Gasteiger partial charge >= 0.3 is 6.61 Å². The van der Waals surface area contributed by atoms with Crippen LogP contribution >= 0.6 is 35.0 Å². The third-order valence-corrected chi connectivity index (χ3v) is 3.95.